The summed E-state index contributed by atoms with van der Waals surface area (Å²) in [4.78, 5) is 16.5. The van der Waals surface area contributed by atoms with Gasteiger partial charge in [-0.05, 0) is 31.5 Å². The first-order valence-electron chi connectivity index (χ1n) is 7.06. The van der Waals surface area contributed by atoms with Gasteiger partial charge in [-0.2, -0.15) is 0 Å². The average Bonchev–Trinajstić information content (AvgIpc) is 2.93. The number of halogens is 2. The van der Waals surface area contributed by atoms with Crippen molar-refractivity contribution in [2.45, 2.75) is 17.7 Å². The van der Waals surface area contributed by atoms with Gasteiger partial charge in [-0.3, -0.25) is 0 Å². The fourth-order valence-electron chi connectivity index (χ4n) is 2.04. The molecule has 0 bridgehead atoms. The van der Waals surface area contributed by atoms with Crippen LogP contribution in [-0.2, 0) is 14.4 Å². The lowest BCUT2D eigenvalue weighted by Crippen LogP contribution is -2.14. The highest BCUT2D eigenvalue weighted by atomic mass is 35.5. The van der Waals surface area contributed by atoms with Crippen LogP contribution < -0.4 is 9.47 Å². The Labute approximate surface area is 143 Å². The van der Waals surface area contributed by atoms with E-state index in [1.165, 1.54) is 0 Å². The maximum atomic E-state index is 11.5. The number of ether oxygens (including phenoxy) is 3. The summed E-state index contributed by atoms with van der Waals surface area (Å²) in [5.41, 5.74) is 1.42. The van der Waals surface area contributed by atoms with Crippen LogP contribution in [0.5, 0.6) is 11.5 Å². The van der Waals surface area contributed by atoms with Crippen LogP contribution in [-0.4, -0.2) is 36.0 Å². The van der Waals surface area contributed by atoms with Crippen molar-refractivity contribution in [1.82, 2.24) is 0 Å². The largest absolute Gasteiger partial charge is 0.463 e. The molecule has 1 unspecified atom stereocenters. The van der Waals surface area contributed by atoms with Gasteiger partial charge in [-0.1, -0.05) is 5.16 Å². The lowest BCUT2D eigenvalue weighted by atomic mass is 10.1. The molecule has 1 aromatic rings. The number of hydrogen-bond acceptors (Lipinski definition) is 6. The number of carbonyl (C=O) groups is 1. The number of carbonyl (C=O) groups excluding carboxylic acids is 1. The van der Waals surface area contributed by atoms with Crippen molar-refractivity contribution in [3.8, 4) is 11.5 Å². The molecule has 2 aliphatic rings. The van der Waals surface area contributed by atoms with Gasteiger partial charge >= 0.3 is 5.97 Å². The maximum Gasteiger partial charge on any atom is 0.347 e. The first kappa shape index (κ1) is 16.2. The van der Waals surface area contributed by atoms with Crippen LogP contribution in [0.3, 0.4) is 0 Å². The normalized spacial score (nSPS) is 21.0. The summed E-state index contributed by atoms with van der Waals surface area (Å²) in [5, 5.41) is 3.90. The molecule has 0 radical (unpaired) electrons. The Morgan fingerprint density at radius 1 is 1.39 bits per heavy atom. The summed E-state index contributed by atoms with van der Waals surface area (Å²) >= 11 is 11.7. The second-order valence-electron chi connectivity index (χ2n) is 5.36. The number of rotatable bonds is 6. The van der Waals surface area contributed by atoms with Crippen molar-refractivity contribution < 1.29 is 23.8 Å². The Kier molecular flexibility index (Phi) is 4.55. The molecule has 0 N–H and O–H groups in total. The van der Waals surface area contributed by atoms with Crippen LogP contribution in [0.4, 0.5) is 0 Å². The topological polar surface area (TPSA) is 66.4 Å². The number of alkyl halides is 2. The van der Waals surface area contributed by atoms with E-state index in [-0.39, 0.29) is 25.9 Å². The van der Waals surface area contributed by atoms with E-state index in [0.29, 0.717) is 23.6 Å². The van der Waals surface area contributed by atoms with Gasteiger partial charge in [0.1, 0.15) is 4.33 Å². The molecule has 1 atom stereocenters. The fraction of sp³-hybridized carbons (Fsp3) is 0.467. The summed E-state index contributed by atoms with van der Waals surface area (Å²) in [6.45, 7) is 1.90. The van der Waals surface area contributed by atoms with Crippen molar-refractivity contribution in [2.75, 3.05) is 20.0 Å². The molecule has 1 aromatic carbocycles. The van der Waals surface area contributed by atoms with E-state index in [0.717, 1.165) is 5.56 Å². The summed E-state index contributed by atoms with van der Waals surface area (Å²) in [6.07, 6.45) is 0.631. The summed E-state index contributed by atoms with van der Waals surface area (Å²) in [7, 11) is 0. The summed E-state index contributed by atoms with van der Waals surface area (Å²) < 4.78 is 14.8. The number of fused-ring (bicyclic) bond motifs is 1. The van der Waals surface area contributed by atoms with E-state index in [9.17, 15) is 4.79 Å². The molecule has 23 heavy (non-hydrogen) atoms. The molecule has 0 saturated heterocycles. The summed E-state index contributed by atoms with van der Waals surface area (Å²) in [5.74, 6) is 0.837. The minimum Gasteiger partial charge on any atom is -0.463 e. The van der Waals surface area contributed by atoms with E-state index in [1.807, 2.05) is 6.07 Å². The Balaban J connectivity index is 1.45. The number of benzene rings is 1. The SMILES string of the molecule is C/C(=N\OCC(=O)OCC1CC1(Cl)Cl)c1ccc2c(c1)OCO2. The minimum atomic E-state index is -0.755. The van der Waals surface area contributed by atoms with Crippen LogP contribution in [0.1, 0.15) is 18.9 Å². The second-order valence-corrected chi connectivity index (χ2v) is 6.91. The van der Waals surface area contributed by atoms with E-state index >= 15 is 0 Å². The van der Waals surface area contributed by atoms with Gasteiger partial charge in [-0.25, -0.2) is 4.79 Å². The molecule has 3 rings (SSSR count). The highest BCUT2D eigenvalue weighted by Crippen LogP contribution is 2.53. The molecule has 6 nitrogen and oxygen atoms in total. The van der Waals surface area contributed by atoms with Gasteiger partial charge in [0.2, 0.25) is 13.4 Å². The molecular formula is C15H15Cl2NO5. The van der Waals surface area contributed by atoms with E-state index in [2.05, 4.69) is 5.16 Å². The molecule has 0 spiro atoms. The van der Waals surface area contributed by atoms with E-state index in [1.54, 1.807) is 19.1 Å². The first-order chi connectivity index (χ1) is 11.0. The molecule has 1 fully saturated rings. The molecular weight excluding hydrogens is 345 g/mol. The van der Waals surface area contributed by atoms with Gasteiger partial charge in [0.15, 0.2) is 11.5 Å². The monoisotopic (exact) mass is 359 g/mol. The zero-order valence-electron chi connectivity index (χ0n) is 12.4. The Morgan fingerprint density at radius 2 is 2.13 bits per heavy atom. The predicted octanol–water partition coefficient (Wildman–Crippen LogP) is 2.89. The Hall–Kier alpha value is -1.66. The van der Waals surface area contributed by atoms with E-state index in [4.69, 9.17) is 42.3 Å². The van der Waals surface area contributed by atoms with Gasteiger partial charge in [0.25, 0.3) is 0 Å². The lowest BCUT2D eigenvalue weighted by molar-refractivity contribution is -0.149. The Morgan fingerprint density at radius 3 is 2.87 bits per heavy atom. The minimum absolute atomic E-state index is 0.00588. The molecule has 1 aliphatic carbocycles. The van der Waals surface area contributed by atoms with Gasteiger partial charge in [-0.15, -0.1) is 23.2 Å². The third-order valence-corrected chi connectivity index (χ3v) is 4.50. The molecule has 0 amide bonds. The number of esters is 1. The third kappa shape index (κ3) is 4.00. The van der Waals surface area contributed by atoms with Crippen molar-refractivity contribution in [3.05, 3.63) is 23.8 Å². The van der Waals surface area contributed by atoms with Crippen LogP contribution in [0.25, 0.3) is 0 Å². The Bertz CT molecular complexity index is 647. The number of hydrogen-bond donors (Lipinski definition) is 0. The van der Waals surface area contributed by atoms with Crippen LogP contribution in [0, 0.1) is 5.92 Å². The molecule has 0 aromatic heterocycles. The first-order valence-corrected chi connectivity index (χ1v) is 7.81. The van der Waals surface area contributed by atoms with Gasteiger partial charge < -0.3 is 19.0 Å². The van der Waals surface area contributed by atoms with E-state index < -0.39 is 10.3 Å². The maximum absolute atomic E-state index is 11.5. The molecule has 8 heteroatoms. The number of oxime groups is 1. The van der Waals surface area contributed by atoms with Crippen LogP contribution in [0.2, 0.25) is 0 Å². The number of nitrogens with zero attached hydrogens (tertiary/aromatic N) is 1. The predicted molar refractivity (Wildman–Crippen MR) is 84.2 cm³/mol. The van der Waals surface area contributed by atoms with Crippen molar-refractivity contribution in [1.29, 1.82) is 0 Å². The van der Waals surface area contributed by atoms with Crippen LogP contribution >= 0.6 is 23.2 Å². The molecule has 1 saturated carbocycles. The zero-order valence-corrected chi connectivity index (χ0v) is 13.9. The molecule has 124 valence electrons. The molecule has 1 heterocycles. The zero-order chi connectivity index (χ0) is 16.4. The lowest BCUT2D eigenvalue weighted by Gasteiger charge is -2.05. The highest BCUT2D eigenvalue weighted by molar-refractivity contribution is 6.50. The van der Waals surface area contributed by atoms with Crippen molar-refractivity contribution >= 4 is 34.9 Å². The second kappa shape index (κ2) is 6.45. The van der Waals surface area contributed by atoms with Crippen molar-refractivity contribution in [3.63, 3.8) is 0 Å². The van der Waals surface area contributed by atoms with Gasteiger partial charge in [0.05, 0.1) is 12.3 Å². The standard InChI is InChI=1S/C15H15Cl2NO5/c1-9(10-2-3-12-13(4-10)22-8-21-12)18-23-7-14(19)20-6-11-5-15(11,16)17/h2-4,11H,5-8H2,1H3/b18-9+. The van der Waals surface area contributed by atoms with Crippen molar-refractivity contribution in [2.24, 2.45) is 11.1 Å². The summed E-state index contributed by atoms with van der Waals surface area (Å²) in [6, 6.07) is 5.43. The third-order valence-electron chi connectivity index (χ3n) is 3.58. The average molecular weight is 360 g/mol. The molecule has 1 aliphatic heterocycles. The fourth-order valence-corrected chi connectivity index (χ4v) is 2.54. The van der Waals surface area contributed by atoms with Gasteiger partial charge in [0, 0.05) is 11.5 Å². The smallest absolute Gasteiger partial charge is 0.347 e. The quantitative estimate of drug-likeness (QED) is 0.338. The van der Waals surface area contributed by atoms with Crippen LogP contribution in [0.15, 0.2) is 23.4 Å². The highest BCUT2D eigenvalue weighted by Gasteiger charge is 2.52.